The van der Waals surface area contributed by atoms with Crippen LogP contribution in [0, 0.1) is 29.6 Å². The summed E-state index contributed by atoms with van der Waals surface area (Å²) in [6, 6.07) is 0. The highest BCUT2D eigenvalue weighted by Gasteiger charge is 2.35. The Balaban J connectivity index is 1.93. The largest absolute Gasteiger partial charge is 0.303 e. The minimum Gasteiger partial charge on any atom is -0.303 e. The highest BCUT2D eigenvalue weighted by Crippen LogP contribution is 2.44. The van der Waals surface area contributed by atoms with E-state index in [2.05, 4.69) is 13.8 Å². The third kappa shape index (κ3) is 2.49. The van der Waals surface area contributed by atoms with Gasteiger partial charge in [0.1, 0.15) is 6.29 Å². The second-order valence-electron chi connectivity index (χ2n) is 6.27. The Morgan fingerprint density at radius 3 is 1.94 bits per heavy atom. The van der Waals surface area contributed by atoms with Gasteiger partial charge in [-0.15, -0.1) is 0 Å². The summed E-state index contributed by atoms with van der Waals surface area (Å²) in [6.07, 6.45) is 10.4. The molecule has 0 heterocycles. The molecule has 1 nitrogen and oxygen atoms in total. The van der Waals surface area contributed by atoms with Gasteiger partial charge in [0.2, 0.25) is 0 Å². The predicted octanol–water partition coefficient (Wildman–Crippen LogP) is 4.06. The number of hydrogen-bond acceptors (Lipinski definition) is 1. The maximum atomic E-state index is 10.8. The first-order valence-corrected chi connectivity index (χ1v) is 7.17. The third-order valence-electron chi connectivity index (χ3n) is 5.19. The number of carbonyl (C=O) groups excluding carboxylic acids is 1. The van der Waals surface area contributed by atoms with Crippen molar-refractivity contribution in [2.75, 3.05) is 0 Å². The molecule has 0 aliphatic heterocycles. The third-order valence-corrected chi connectivity index (χ3v) is 5.19. The minimum atomic E-state index is 0.380. The molecule has 2 atom stereocenters. The Morgan fingerprint density at radius 2 is 1.44 bits per heavy atom. The van der Waals surface area contributed by atoms with E-state index in [1.807, 2.05) is 0 Å². The summed E-state index contributed by atoms with van der Waals surface area (Å²) < 4.78 is 0. The molecule has 0 N–H and O–H groups in total. The predicted molar refractivity (Wildman–Crippen MR) is 67.2 cm³/mol. The van der Waals surface area contributed by atoms with Crippen LogP contribution in [-0.4, -0.2) is 6.29 Å². The van der Waals surface area contributed by atoms with Crippen molar-refractivity contribution in [2.24, 2.45) is 29.6 Å². The average molecular weight is 222 g/mol. The lowest BCUT2D eigenvalue weighted by Gasteiger charge is -2.42. The summed E-state index contributed by atoms with van der Waals surface area (Å²) in [4.78, 5) is 10.8. The van der Waals surface area contributed by atoms with E-state index in [-0.39, 0.29) is 0 Å². The molecule has 0 aromatic heterocycles. The highest BCUT2D eigenvalue weighted by molar-refractivity contribution is 5.53. The van der Waals surface area contributed by atoms with Crippen LogP contribution in [0.4, 0.5) is 0 Å². The fraction of sp³-hybridized carbons (Fsp3) is 0.933. The molecule has 16 heavy (non-hydrogen) atoms. The molecule has 2 rings (SSSR count). The van der Waals surface area contributed by atoms with Crippen LogP contribution in [0.5, 0.6) is 0 Å². The molecule has 0 aromatic rings. The van der Waals surface area contributed by atoms with E-state index in [9.17, 15) is 4.79 Å². The Kier molecular flexibility index (Phi) is 4.05. The van der Waals surface area contributed by atoms with Gasteiger partial charge in [-0.25, -0.2) is 0 Å². The smallest absolute Gasteiger partial charge is 0.123 e. The molecule has 2 fully saturated rings. The molecule has 2 unspecified atom stereocenters. The standard InChI is InChI=1S/C15H26O/c1-11-4-3-5-12(2)15(11)14-8-6-13(10-16)7-9-14/h10-15H,3-9H2,1-2H3. The van der Waals surface area contributed by atoms with Crippen LogP contribution in [0.15, 0.2) is 0 Å². The van der Waals surface area contributed by atoms with Crippen LogP contribution < -0.4 is 0 Å². The van der Waals surface area contributed by atoms with E-state index < -0.39 is 0 Å². The zero-order valence-electron chi connectivity index (χ0n) is 10.8. The van der Waals surface area contributed by atoms with Crippen LogP contribution >= 0.6 is 0 Å². The van der Waals surface area contributed by atoms with Crippen LogP contribution in [0.25, 0.3) is 0 Å². The lowest BCUT2D eigenvalue weighted by Crippen LogP contribution is -2.33. The lowest BCUT2D eigenvalue weighted by molar-refractivity contribution is -0.112. The maximum Gasteiger partial charge on any atom is 0.123 e. The fourth-order valence-corrected chi connectivity index (χ4v) is 4.30. The summed E-state index contributed by atoms with van der Waals surface area (Å²) in [5.74, 6) is 4.08. The topological polar surface area (TPSA) is 17.1 Å². The fourth-order valence-electron chi connectivity index (χ4n) is 4.30. The first kappa shape index (κ1) is 12.1. The van der Waals surface area contributed by atoms with E-state index in [1.54, 1.807) is 0 Å². The lowest BCUT2D eigenvalue weighted by atomic mass is 9.63. The molecular weight excluding hydrogens is 196 g/mol. The molecule has 0 amide bonds. The Morgan fingerprint density at radius 1 is 0.875 bits per heavy atom. The average Bonchev–Trinajstić information content (AvgIpc) is 2.30. The molecule has 92 valence electrons. The zero-order chi connectivity index (χ0) is 11.5. The van der Waals surface area contributed by atoms with Crippen molar-refractivity contribution in [1.29, 1.82) is 0 Å². The summed E-state index contributed by atoms with van der Waals surface area (Å²) in [7, 11) is 0. The molecule has 2 saturated carbocycles. The first-order chi connectivity index (χ1) is 7.72. The SMILES string of the molecule is CC1CCCC(C)C1C1CCC(C=O)CC1. The molecule has 2 aliphatic carbocycles. The van der Waals surface area contributed by atoms with Crippen molar-refractivity contribution in [3.8, 4) is 0 Å². The summed E-state index contributed by atoms with van der Waals surface area (Å²) >= 11 is 0. The quantitative estimate of drug-likeness (QED) is 0.644. The molecule has 0 radical (unpaired) electrons. The van der Waals surface area contributed by atoms with Gasteiger partial charge in [0.15, 0.2) is 0 Å². The summed E-state index contributed by atoms with van der Waals surface area (Å²) in [5, 5.41) is 0. The van der Waals surface area contributed by atoms with Gasteiger partial charge in [-0.05, 0) is 49.4 Å². The van der Waals surface area contributed by atoms with E-state index in [4.69, 9.17) is 0 Å². The number of rotatable bonds is 2. The number of hydrogen-bond donors (Lipinski definition) is 0. The second kappa shape index (κ2) is 5.33. The number of aldehydes is 1. The van der Waals surface area contributed by atoms with E-state index >= 15 is 0 Å². The first-order valence-electron chi connectivity index (χ1n) is 7.17. The van der Waals surface area contributed by atoms with Crippen molar-refractivity contribution in [3.05, 3.63) is 0 Å². The Hall–Kier alpha value is -0.330. The van der Waals surface area contributed by atoms with Crippen LogP contribution in [0.3, 0.4) is 0 Å². The molecule has 0 aromatic carbocycles. The molecule has 2 aliphatic rings. The van der Waals surface area contributed by atoms with Gasteiger partial charge in [0.25, 0.3) is 0 Å². The zero-order valence-corrected chi connectivity index (χ0v) is 10.8. The van der Waals surface area contributed by atoms with Crippen molar-refractivity contribution >= 4 is 6.29 Å². The van der Waals surface area contributed by atoms with Crippen molar-refractivity contribution in [3.63, 3.8) is 0 Å². The van der Waals surface area contributed by atoms with Gasteiger partial charge in [0.05, 0.1) is 0 Å². The van der Waals surface area contributed by atoms with Crippen LogP contribution in [0.1, 0.15) is 58.8 Å². The number of carbonyl (C=O) groups is 1. The van der Waals surface area contributed by atoms with Crippen LogP contribution in [-0.2, 0) is 4.79 Å². The van der Waals surface area contributed by atoms with Crippen molar-refractivity contribution < 1.29 is 4.79 Å². The second-order valence-corrected chi connectivity index (χ2v) is 6.27. The maximum absolute atomic E-state index is 10.8. The van der Waals surface area contributed by atoms with E-state index in [1.165, 1.54) is 38.4 Å². The van der Waals surface area contributed by atoms with Gasteiger partial charge in [0, 0.05) is 5.92 Å². The van der Waals surface area contributed by atoms with Gasteiger partial charge in [-0.3, -0.25) is 0 Å². The molecular formula is C15H26O. The minimum absolute atomic E-state index is 0.380. The molecule has 0 bridgehead atoms. The van der Waals surface area contributed by atoms with Crippen LogP contribution in [0.2, 0.25) is 0 Å². The van der Waals surface area contributed by atoms with E-state index in [0.717, 1.165) is 36.5 Å². The monoisotopic (exact) mass is 222 g/mol. The summed E-state index contributed by atoms with van der Waals surface area (Å²) in [5.41, 5.74) is 0. The Bertz CT molecular complexity index is 218. The van der Waals surface area contributed by atoms with Crippen molar-refractivity contribution in [2.45, 2.75) is 58.8 Å². The summed E-state index contributed by atoms with van der Waals surface area (Å²) in [6.45, 7) is 4.90. The van der Waals surface area contributed by atoms with Gasteiger partial charge < -0.3 is 4.79 Å². The molecule has 0 saturated heterocycles. The van der Waals surface area contributed by atoms with Gasteiger partial charge >= 0.3 is 0 Å². The van der Waals surface area contributed by atoms with Gasteiger partial charge in [-0.1, -0.05) is 33.1 Å². The van der Waals surface area contributed by atoms with Crippen molar-refractivity contribution in [1.82, 2.24) is 0 Å². The molecule has 0 spiro atoms. The normalized spacial score (nSPS) is 45.2. The van der Waals surface area contributed by atoms with Gasteiger partial charge in [-0.2, -0.15) is 0 Å². The van der Waals surface area contributed by atoms with E-state index in [0.29, 0.717) is 5.92 Å². The molecule has 1 heteroatoms. The highest BCUT2D eigenvalue weighted by atomic mass is 16.1. The Labute approximate surface area is 100.0 Å².